The molecule has 0 saturated carbocycles. The molecule has 1 aliphatic rings. The number of benzene rings is 1. The Morgan fingerprint density at radius 1 is 1.40 bits per heavy atom. The van der Waals surface area contributed by atoms with Crippen LogP contribution in [0.4, 0.5) is 5.69 Å². The van der Waals surface area contributed by atoms with Crippen LogP contribution in [0.15, 0.2) is 39.8 Å². The number of hydrogen-bond donors (Lipinski definition) is 0. The maximum Gasteiger partial charge on any atom is 0.228 e. The molecule has 0 spiro atoms. The molecule has 1 unspecified atom stereocenters. The van der Waals surface area contributed by atoms with Gasteiger partial charge in [-0.25, -0.2) is 0 Å². The Balaban J connectivity index is 1.65. The number of nitrogens with zero attached hydrogens (tertiary/aromatic N) is 3. The van der Waals surface area contributed by atoms with Gasteiger partial charge in [0.15, 0.2) is 0 Å². The van der Waals surface area contributed by atoms with E-state index in [0.29, 0.717) is 24.5 Å². The van der Waals surface area contributed by atoms with Gasteiger partial charge < -0.3 is 14.3 Å². The standard InChI is InChI=1S/C18H21N3O3S/c1-12-8-14(19-24-12)11-20(2)18(23)13-9-17(22)21(10-13)15-4-6-16(25-3)7-5-15/h4-8,13H,9-11H2,1-3H3. The molecule has 0 N–H and O–H groups in total. The summed E-state index contributed by atoms with van der Waals surface area (Å²) in [5.74, 6) is 0.329. The second-order valence-corrected chi connectivity index (χ2v) is 7.11. The number of rotatable bonds is 5. The van der Waals surface area contributed by atoms with Crippen LogP contribution in [0.3, 0.4) is 0 Å². The molecule has 0 bridgehead atoms. The maximum atomic E-state index is 12.7. The second kappa shape index (κ2) is 7.31. The molecule has 1 aromatic carbocycles. The van der Waals surface area contributed by atoms with Gasteiger partial charge in [-0.05, 0) is 37.4 Å². The maximum absolute atomic E-state index is 12.7. The minimum absolute atomic E-state index is 0.0130. The van der Waals surface area contributed by atoms with Crippen molar-refractivity contribution in [3.8, 4) is 0 Å². The summed E-state index contributed by atoms with van der Waals surface area (Å²) in [5.41, 5.74) is 1.55. The molecule has 3 rings (SSSR count). The molecular formula is C18H21N3O3S. The number of carbonyl (C=O) groups excluding carboxylic acids is 2. The minimum atomic E-state index is -0.328. The normalized spacial score (nSPS) is 17.2. The average Bonchev–Trinajstić information content (AvgIpc) is 3.20. The number of aryl methyl sites for hydroxylation is 1. The smallest absolute Gasteiger partial charge is 0.228 e. The molecular weight excluding hydrogens is 338 g/mol. The Kier molecular flexibility index (Phi) is 5.13. The fourth-order valence-corrected chi connectivity index (χ4v) is 3.42. The predicted molar refractivity (Wildman–Crippen MR) is 96.4 cm³/mol. The number of aromatic nitrogens is 1. The van der Waals surface area contributed by atoms with E-state index in [1.54, 1.807) is 28.6 Å². The zero-order valence-electron chi connectivity index (χ0n) is 14.6. The fraction of sp³-hybridized carbons (Fsp3) is 0.389. The van der Waals surface area contributed by atoms with Crippen molar-refractivity contribution in [3.63, 3.8) is 0 Å². The van der Waals surface area contributed by atoms with Gasteiger partial charge in [0.2, 0.25) is 11.8 Å². The highest BCUT2D eigenvalue weighted by Gasteiger charge is 2.36. The van der Waals surface area contributed by atoms with E-state index in [-0.39, 0.29) is 24.2 Å². The Morgan fingerprint density at radius 2 is 2.12 bits per heavy atom. The van der Waals surface area contributed by atoms with Gasteiger partial charge in [-0.15, -0.1) is 11.8 Å². The lowest BCUT2D eigenvalue weighted by Crippen LogP contribution is -2.34. The Bertz CT molecular complexity index is 772. The molecule has 25 heavy (non-hydrogen) atoms. The van der Waals surface area contributed by atoms with Crippen molar-refractivity contribution in [2.45, 2.75) is 24.8 Å². The van der Waals surface area contributed by atoms with Gasteiger partial charge in [0.25, 0.3) is 0 Å². The Morgan fingerprint density at radius 3 is 2.72 bits per heavy atom. The molecule has 2 heterocycles. The first-order chi connectivity index (χ1) is 12.0. The fourth-order valence-electron chi connectivity index (χ4n) is 3.01. The van der Waals surface area contributed by atoms with Crippen molar-refractivity contribution in [1.82, 2.24) is 10.1 Å². The molecule has 1 aromatic heterocycles. The van der Waals surface area contributed by atoms with Gasteiger partial charge in [0.05, 0.1) is 12.5 Å². The van der Waals surface area contributed by atoms with Crippen LogP contribution >= 0.6 is 11.8 Å². The molecule has 7 heteroatoms. The lowest BCUT2D eigenvalue weighted by molar-refractivity contribution is -0.135. The number of thioether (sulfide) groups is 1. The zero-order chi connectivity index (χ0) is 18.0. The van der Waals surface area contributed by atoms with E-state index < -0.39 is 0 Å². The van der Waals surface area contributed by atoms with Gasteiger partial charge in [0.1, 0.15) is 11.5 Å². The number of anilines is 1. The van der Waals surface area contributed by atoms with Crippen LogP contribution in [0.1, 0.15) is 17.9 Å². The summed E-state index contributed by atoms with van der Waals surface area (Å²) in [7, 11) is 1.73. The van der Waals surface area contributed by atoms with E-state index in [4.69, 9.17) is 4.52 Å². The van der Waals surface area contributed by atoms with Crippen LogP contribution in [0.5, 0.6) is 0 Å². The van der Waals surface area contributed by atoms with Crippen molar-refractivity contribution in [2.75, 3.05) is 24.7 Å². The first-order valence-electron chi connectivity index (χ1n) is 8.09. The summed E-state index contributed by atoms with van der Waals surface area (Å²) in [5, 5.41) is 3.91. The van der Waals surface area contributed by atoms with Crippen molar-refractivity contribution in [1.29, 1.82) is 0 Å². The highest BCUT2D eigenvalue weighted by molar-refractivity contribution is 7.98. The van der Waals surface area contributed by atoms with E-state index >= 15 is 0 Å². The molecule has 132 valence electrons. The summed E-state index contributed by atoms with van der Waals surface area (Å²) >= 11 is 1.65. The van der Waals surface area contributed by atoms with E-state index in [2.05, 4.69) is 5.16 Å². The largest absolute Gasteiger partial charge is 0.361 e. The molecule has 0 radical (unpaired) electrons. The van der Waals surface area contributed by atoms with Crippen LogP contribution in [-0.2, 0) is 16.1 Å². The highest BCUT2D eigenvalue weighted by atomic mass is 32.2. The second-order valence-electron chi connectivity index (χ2n) is 6.23. The predicted octanol–water partition coefficient (Wildman–Crippen LogP) is 2.72. The molecule has 1 fully saturated rings. The molecule has 1 atom stereocenters. The van der Waals surface area contributed by atoms with Gasteiger partial charge in [-0.1, -0.05) is 5.16 Å². The molecule has 1 aliphatic heterocycles. The molecule has 0 aliphatic carbocycles. The molecule has 1 saturated heterocycles. The van der Waals surface area contributed by atoms with E-state index in [9.17, 15) is 9.59 Å². The number of amides is 2. The molecule has 2 aromatic rings. The highest BCUT2D eigenvalue weighted by Crippen LogP contribution is 2.28. The minimum Gasteiger partial charge on any atom is -0.361 e. The summed E-state index contributed by atoms with van der Waals surface area (Å²) in [6, 6.07) is 9.64. The Hall–Kier alpha value is -2.28. The van der Waals surface area contributed by atoms with Crippen LogP contribution in [0, 0.1) is 12.8 Å². The van der Waals surface area contributed by atoms with Crippen molar-refractivity contribution >= 4 is 29.3 Å². The van der Waals surface area contributed by atoms with Crippen LogP contribution in [-0.4, -0.2) is 41.7 Å². The lowest BCUT2D eigenvalue weighted by Gasteiger charge is -2.20. The van der Waals surface area contributed by atoms with Crippen molar-refractivity contribution in [3.05, 3.63) is 41.8 Å². The van der Waals surface area contributed by atoms with Crippen LogP contribution in [0.2, 0.25) is 0 Å². The van der Waals surface area contributed by atoms with Crippen molar-refractivity contribution in [2.24, 2.45) is 5.92 Å². The third kappa shape index (κ3) is 3.87. The summed E-state index contributed by atoms with van der Waals surface area (Å²) in [6.07, 6.45) is 2.25. The van der Waals surface area contributed by atoms with Crippen LogP contribution < -0.4 is 4.90 Å². The van der Waals surface area contributed by atoms with Gasteiger partial charge >= 0.3 is 0 Å². The first-order valence-corrected chi connectivity index (χ1v) is 9.32. The average molecular weight is 359 g/mol. The molecule has 2 amide bonds. The summed E-state index contributed by atoms with van der Waals surface area (Å²) in [4.78, 5) is 29.5. The topological polar surface area (TPSA) is 66.7 Å². The lowest BCUT2D eigenvalue weighted by atomic mass is 10.1. The number of carbonyl (C=O) groups is 2. The van der Waals surface area contributed by atoms with Crippen molar-refractivity contribution < 1.29 is 14.1 Å². The first kappa shape index (κ1) is 17.5. The van der Waals surface area contributed by atoms with E-state index in [1.165, 1.54) is 0 Å². The zero-order valence-corrected chi connectivity index (χ0v) is 15.4. The molecule has 6 nitrogen and oxygen atoms in total. The van der Waals surface area contributed by atoms with Crippen LogP contribution in [0.25, 0.3) is 0 Å². The van der Waals surface area contributed by atoms with Gasteiger partial charge in [0, 0.05) is 36.7 Å². The van der Waals surface area contributed by atoms with E-state index in [0.717, 1.165) is 10.6 Å². The van der Waals surface area contributed by atoms with Gasteiger partial charge in [-0.3, -0.25) is 9.59 Å². The summed E-state index contributed by atoms with van der Waals surface area (Å²) in [6.45, 7) is 2.61. The third-order valence-corrected chi connectivity index (χ3v) is 5.05. The van der Waals surface area contributed by atoms with Gasteiger partial charge in [-0.2, -0.15) is 0 Å². The Labute approximate surface area is 151 Å². The monoisotopic (exact) mass is 359 g/mol. The van der Waals surface area contributed by atoms with E-state index in [1.807, 2.05) is 43.5 Å². The number of hydrogen-bond acceptors (Lipinski definition) is 5. The summed E-state index contributed by atoms with van der Waals surface area (Å²) < 4.78 is 5.03. The quantitative estimate of drug-likeness (QED) is 0.768. The third-order valence-electron chi connectivity index (χ3n) is 4.31. The SMILES string of the molecule is CSc1ccc(N2CC(C(=O)N(C)Cc3cc(C)on3)CC2=O)cc1.